The molecule has 6 heteroatoms. The first-order valence-electron chi connectivity index (χ1n) is 9.63. The smallest absolute Gasteiger partial charge is 0.256 e. The van der Waals surface area contributed by atoms with Crippen molar-refractivity contribution in [2.24, 2.45) is 4.99 Å². The van der Waals surface area contributed by atoms with Crippen molar-refractivity contribution in [2.75, 3.05) is 26.7 Å². The molecule has 1 aromatic heterocycles. The second-order valence-electron chi connectivity index (χ2n) is 7.29. The molecule has 27 heavy (non-hydrogen) atoms. The molecule has 1 saturated carbocycles. The largest absolute Gasteiger partial charge is 0.467 e. The van der Waals surface area contributed by atoms with Crippen LogP contribution in [0.2, 0.25) is 0 Å². The van der Waals surface area contributed by atoms with Crippen LogP contribution in [-0.4, -0.2) is 49.4 Å². The number of nitrogens with one attached hydrogen (secondary N) is 2. The van der Waals surface area contributed by atoms with Crippen LogP contribution in [0.5, 0.6) is 0 Å². The van der Waals surface area contributed by atoms with Gasteiger partial charge in [-0.3, -0.25) is 9.79 Å². The van der Waals surface area contributed by atoms with E-state index in [1.54, 1.807) is 11.2 Å². The maximum absolute atomic E-state index is 12.6. The Morgan fingerprint density at radius 3 is 2.85 bits per heavy atom. The number of amidine groups is 1. The van der Waals surface area contributed by atoms with Gasteiger partial charge in [-0.2, -0.15) is 0 Å². The Kier molecular flexibility index (Phi) is 5.25. The van der Waals surface area contributed by atoms with E-state index in [1.807, 2.05) is 13.1 Å². The lowest BCUT2D eigenvalue weighted by Gasteiger charge is -2.16. The highest BCUT2D eigenvalue weighted by Crippen LogP contribution is 2.20. The summed E-state index contributed by atoms with van der Waals surface area (Å²) in [6, 6.07) is 10.9. The van der Waals surface area contributed by atoms with Gasteiger partial charge in [-0.1, -0.05) is 24.3 Å². The van der Waals surface area contributed by atoms with Gasteiger partial charge in [0.2, 0.25) is 0 Å². The maximum atomic E-state index is 12.6. The molecule has 2 N–H and O–H groups in total. The average molecular weight is 366 g/mol. The Balaban J connectivity index is 1.28. The normalized spacial score (nSPS) is 16.1. The van der Waals surface area contributed by atoms with E-state index in [9.17, 15) is 4.79 Å². The maximum Gasteiger partial charge on any atom is 0.256 e. The molecule has 0 spiro atoms. The zero-order valence-corrected chi connectivity index (χ0v) is 15.7. The van der Waals surface area contributed by atoms with E-state index in [4.69, 9.17) is 4.42 Å². The lowest BCUT2D eigenvalue weighted by molar-refractivity contribution is 0.0796. The Bertz CT molecular complexity index is 821. The molecule has 2 aliphatic rings. The molecule has 0 atom stereocenters. The quantitative estimate of drug-likeness (QED) is 0.751. The van der Waals surface area contributed by atoms with Crippen molar-refractivity contribution in [3.8, 4) is 0 Å². The van der Waals surface area contributed by atoms with E-state index in [1.165, 1.54) is 18.4 Å². The minimum atomic E-state index is -0.00227. The molecule has 2 aromatic rings. The summed E-state index contributed by atoms with van der Waals surface area (Å²) in [5, 5.41) is 6.67. The average Bonchev–Trinajstić information content (AvgIpc) is 3.17. The second kappa shape index (κ2) is 7.96. The van der Waals surface area contributed by atoms with Gasteiger partial charge in [-0.15, -0.1) is 0 Å². The van der Waals surface area contributed by atoms with Crippen molar-refractivity contribution in [3.63, 3.8) is 0 Å². The highest BCUT2D eigenvalue weighted by atomic mass is 16.3. The number of furan rings is 1. The first-order chi connectivity index (χ1) is 13.2. The Morgan fingerprint density at radius 1 is 1.33 bits per heavy atom. The van der Waals surface area contributed by atoms with Crippen LogP contribution in [0, 0.1) is 0 Å². The monoisotopic (exact) mass is 366 g/mol. The van der Waals surface area contributed by atoms with Crippen LogP contribution in [0.4, 0.5) is 0 Å². The van der Waals surface area contributed by atoms with Crippen LogP contribution in [0.1, 0.15) is 40.1 Å². The summed E-state index contributed by atoms with van der Waals surface area (Å²) in [5.41, 5.74) is 2.94. The first kappa shape index (κ1) is 17.8. The first-order valence-corrected chi connectivity index (χ1v) is 9.63. The minimum Gasteiger partial charge on any atom is -0.467 e. The van der Waals surface area contributed by atoms with Gasteiger partial charge in [-0.05, 0) is 30.9 Å². The van der Waals surface area contributed by atoms with E-state index in [0.717, 1.165) is 36.7 Å². The molecule has 4 rings (SSSR count). The number of carbonyl (C=O) groups excluding carboxylic acids is 1. The van der Waals surface area contributed by atoms with Crippen molar-refractivity contribution in [1.29, 1.82) is 0 Å². The number of hydrogen-bond donors (Lipinski definition) is 2. The SMILES string of the molecule is CN(CCc1ccc(C2=NCCN2)cc1)C(=O)c1coc(CNC2CC2)c1. The Labute approximate surface area is 159 Å². The van der Waals surface area contributed by atoms with Crippen LogP contribution >= 0.6 is 0 Å². The number of aliphatic imine (C=N–C) groups is 1. The van der Waals surface area contributed by atoms with E-state index < -0.39 is 0 Å². The Hall–Kier alpha value is -2.60. The number of rotatable bonds is 8. The molecule has 1 aliphatic heterocycles. The van der Waals surface area contributed by atoms with E-state index in [-0.39, 0.29) is 5.91 Å². The van der Waals surface area contributed by atoms with Gasteiger partial charge in [0.15, 0.2) is 0 Å². The van der Waals surface area contributed by atoms with Crippen LogP contribution in [0.3, 0.4) is 0 Å². The summed E-state index contributed by atoms with van der Waals surface area (Å²) >= 11 is 0. The minimum absolute atomic E-state index is 0.00227. The van der Waals surface area contributed by atoms with Gasteiger partial charge in [0.25, 0.3) is 5.91 Å². The Morgan fingerprint density at radius 2 is 2.15 bits per heavy atom. The van der Waals surface area contributed by atoms with Crippen LogP contribution < -0.4 is 10.6 Å². The molecular formula is C21H26N4O2. The fourth-order valence-electron chi connectivity index (χ4n) is 3.16. The van der Waals surface area contributed by atoms with Crippen molar-refractivity contribution in [3.05, 3.63) is 59.0 Å². The molecule has 0 saturated heterocycles. The van der Waals surface area contributed by atoms with Crippen LogP contribution in [0.25, 0.3) is 0 Å². The standard InChI is InChI=1S/C21H26N4O2/c1-25(21(26)17-12-19(27-14-17)13-24-18-6-7-18)11-8-15-2-4-16(5-3-15)20-22-9-10-23-20/h2-5,12,14,18,24H,6-11,13H2,1H3,(H,22,23). The molecule has 6 nitrogen and oxygen atoms in total. The van der Waals surface area contributed by atoms with Crippen molar-refractivity contribution in [1.82, 2.24) is 15.5 Å². The van der Waals surface area contributed by atoms with Gasteiger partial charge in [0, 0.05) is 31.7 Å². The third kappa shape index (κ3) is 4.57. The van der Waals surface area contributed by atoms with Crippen molar-refractivity contribution < 1.29 is 9.21 Å². The zero-order valence-electron chi connectivity index (χ0n) is 15.7. The number of carbonyl (C=O) groups is 1. The number of nitrogens with zero attached hydrogens (tertiary/aromatic N) is 2. The molecule has 142 valence electrons. The number of likely N-dealkylation sites (N-methyl/N-ethyl adjacent to an activating group) is 1. The third-order valence-corrected chi connectivity index (χ3v) is 5.03. The summed E-state index contributed by atoms with van der Waals surface area (Å²) in [6.45, 7) is 3.11. The van der Waals surface area contributed by atoms with E-state index in [0.29, 0.717) is 24.7 Å². The third-order valence-electron chi connectivity index (χ3n) is 5.03. The number of hydrogen-bond acceptors (Lipinski definition) is 5. The van der Waals surface area contributed by atoms with Crippen LogP contribution in [-0.2, 0) is 13.0 Å². The molecule has 1 amide bonds. The van der Waals surface area contributed by atoms with Crippen molar-refractivity contribution >= 4 is 11.7 Å². The lowest BCUT2D eigenvalue weighted by Crippen LogP contribution is -2.28. The lowest BCUT2D eigenvalue weighted by atomic mass is 10.1. The predicted molar refractivity (Wildman–Crippen MR) is 105 cm³/mol. The molecule has 0 radical (unpaired) electrons. The topological polar surface area (TPSA) is 69.9 Å². The summed E-state index contributed by atoms with van der Waals surface area (Å²) in [6.07, 6.45) is 4.85. The van der Waals surface area contributed by atoms with Gasteiger partial charge >= 0.3 is 0 Å². The van der Waals surface area contributed by atoms with Gasteiger partial charge in [0.1, 0.15) is 17.9 Å². The highest BCUT2D eigenvalue weighted by Gasteiger charge is 2.21. The summed E-state index contributed by atoms with van der Waals surface area (Å²) in [5.74, 6) is 1.79. The predicted octanol–water partition coefficient (Wildman–Crippen LogP) is 2.20. The van der Waals surface area contributed by atoms with E-state index in [2.05, 4.69) is 39.9 Å². The highest BCUT2D eigenvalue weighted by molar-refractivity contribution is 5.99. The summed E-state index contributed by atoms with van der Waals surface area (Å²) in [7, 11) is 1.84. The van der Waals surface area contributed by atoms with E-state index >= 15 is 0 Å². The van der Waals surface area contributed by atoms with Crippen molar-refractivity contribution in [2.45, 2.75) is 31.8 Å². The van der Waals surface area contributed by atoms with Gasteiger partial charge in [0.05, 0.1) is 18.7 Å². The molecule has 0 unspecified atom stereocenters. The molecule has 1 aromatic carbocycles. The summed E-state index contributed by atoms with van der Waals surface area (Å²) in [4.78, 5) is 18.8. The van der Waals surface area contributed by atoms with Gasteiger partial charge < -0.3 is 20.0 Å². The van der Waals surface area contributed by atoms with Crippen LogP contribution in [0.15, 0.2) is 46.0 Å². The molecular weight excluding hydrogens is 340 g/mol. The molecule has 0 bridgehead atoms. The molecule has 1 fully saturated rings. The second-order valence-corrected chi connectivity index (χ2v) is 7.29. The summed E-state index contributed by atoms with van der Waals surface area (Å²) < 4.78 is 5.51. The fourth-order valence-corrected chi connectivity index (χ4v) is 3.16. The molecule has 1 aliphatic carbocycles. The zero-order chi connectivity index (χ0) is 18.6. The molecule has 2 heterocycles. The van der Waals surface area contributed by atoms with Gasteiger partial charge in [-0.25, -0.2) is 0 Å². The number of amides is 1. The fraction of sp³-hybridized carbons (Fsp3) is 0.429. The number of benzene rings is 1.